The van der Waals surface area contributed by atoms with Gasteiger partial charge in [-0.1, -0.05) is 32.0 Å². The van der Waals surface area contributed by atoms with Crippen LogP contribution < -0.4 is 10.1 Å². The third-order valence-corrected chi connectivity index (χ3v) is 4.93. The number of ether oxygens (including phenoxy) is 1. The Balaban J connectivity index is 0.00000136. The van der Waals surface area contributed by atoms with Crippen LogP contribution in [0, 0.1) is 0 Å². The fourth-order valence-electron chi connectivity index (χ4n) is 2.56. The fourth-order valence-corrected chi connectivity index (χ4v) is 3.20. The number of hydrogen-bond acceptors (Lipinski definition) is 6. The molecule has 3 aromatic rings. The van der Waals surface area contributed by atoms with Crippen LogP contribution in [0.25, 0.3) is 22.2 Å². The first kappa shape index (κ1) is 22.7. The standard InChI is InChI=1S/C19H19IN2O3S.C2H6/c1-21-15-6-2-13(3-7-15)18-9-5-14-4-8-16(10-19(14)22-18)25-17(11-23)12-24-26-20;1-2/h2-10,17,21,23H,11-12H2,1H3;1-2H3. The number of aliphatic hydroxyl groups excluding tert-OH is 1. The van der Waals surface area contributed by atoms with Crippen LogP contribution in [0.5, 0.6) is 5.75 Å². The van der Waals surface area contributed by atoms with Gasteiger partial charge < -0.3 is 19.3 Å². The lowest BCUT2D eigenvalue weighted by molar-refractivity contribution is 0.0800. The third kappa shape index (κ3) is 6.23. The van der Waals surface area contributed by atoms with Crippen molar-refractivity contribution < 1.29 is 14.0 Å². The quantitative estimate of drug-likeness (QED) is 0.297. The second kappa shape index (κ2) is 12.1. The lowest BCUT2D eigenvalue weighted by Gasteiger charge is -2.16. The minimum absolute atomic E-state index is 0.111. The molecular formula is C21H25IN2O3S. The van der Waals surface area contributed by atoms with Gasteiger partial charge in [0.25, 0.3) is 0 Å². The first-order chi connectivity index (χ1) is 13.7. The van der Waals surface area contributed by atoms with Crippen LogP contribution >= 0.6 is 30.4 Å². The minimum atomic E-state index is -0.410. The van der Waals surface area contributed by atoms with Crippen molar-refractivity contribution in [2.24, 2.45) is 0 Å². The Labute approximate surface area is 182 Å². The Hall–Kier alpha value is -1.55. The second-order valence-electron chi connectivity index (χ2n) is 5.65. The number of fused-ring (bicyclic) bond motifs is 1. The lowest BCUT2D eigenvalue weighted by Crippen LogP contribution is -2.25. The largest absolute Gasteiger partial charge is 0.485 e. The molecule has 1 aromatic heterocycles. The number of aromatic nitrogens is 1. The summed E-state index contributed by atoms with van der Waals surface area (Å²) in [5.74, 6) is 0.661. The summed E-state index contributed by atoms with van der Waals surface area (Å²) in [5.41, 5.74) is 3.87. The van der Waals surface area contributed by atoms with Crippen LogP contribution in [0.3, 0.4) is 0 Å². The normalized spacial score (nSPS) is 11.5. The fraction of sp³-hybridized carbons (Fsp3) is 0.286. The van der Waals surface area contributed by atoms with Gasteiger partial charge in [-0.25, -0.2) is 4.98 Å². The van der Waals surface area contributed by atoms with E-state index in [0.29, 0.717) is 12.4 Å². The van der Waals surface area contributed by atoms with Crippen LogP contribution in [-0.4, -0.2) is 36.5 Å². The molecule has 1 unspecified atom stereocenters. The number of halogens is 1. The summed E-state index contributed by atoms with van der Waals surface area (Å²) in [4.78, 5) is 4.76. The van der Waals surface area contributed by atoms with Gasteiger partial charge in [0.05, 0.1) is 27.0 Å². The van der Waals surface area contributed by atoms with E-state index in [9.17, 15) is 5.11 Å². The van der Waals surface area contributed by atoms with Crippen molar-refractivity contribution in [1.82, 2.24) is 4.98 Å². The van der Waals surface area contributed by atoms with Crippen molar-refractivity contribution >= 4 is 47.0 Å². The molecule has 150 valence electrons. The zero-order chi connectivity index (χ0) is 20.4. The Kier molecular flexibility index (Phi) is 9.83. The number of rotatable bonds is 8. The first-order valence-corrected chi connectivity index (χ1v) is 12.4. The maximum absolute atomic E-state index is 9.43. The molecule has 0 bridgehead atoms. The van der Waals surface area contributed by atoms with Gasteiger partial charge in [0.15, 0.2) is 0 Å². The van der Waals surface area contributed by atoms with Gasteiger partial charge in [0.2, 0.25) is 0 Å². The Bertz CT molecular complexity index is 862. The minimum Gasteiger partial charge on any atom is -0.485 e. The molecular weight excluding hydrogens is 487 g/mol. The summed E-state index contributed by atoms with van der Waals surface area (Å²) in [7, 11) is 3.12. The summed E-state index contributed by atoms with van der Waals surface area (Å²) >= 11 is 2.04. The van der Waals surface area contributed by atoms with Crippen molar-refractivity contribution in [3.05, 3.63) is 54.6 Å². The van der Waals surface area contributed by atoms with Gasteiger partial charge in [-0.05, 0) is 30.3 Å². The number of benzene rings is 2. The lowest BCUT2D eigenvalue weighted by atomic mass is 10.1. The average Bonchev–Trinajstić information content (AvgIpc) is 2.77. The highest BCUT2D eigenvalue weighted by Crippen LogP contribution is 2.25. The molecule has 3 rings (SSSR count). The van der Waals surface area contributed by atoms with Gasteiger partial charge in [0, 0.05) is 51.0 Å². The third-order valence-electron chi connectivity index (χ3n) is 3.94. The molecule has 1 heterocycles. The van der Waals surface area contributed by atoms with Gasteiger partial charge in [-0.15, -0.1) is 0 Å². The van der Waals surface area contributed by atoms with Gasteiger partial charge in [-0.2, -0.15) is 0 Å². The summed E-state index contributed by atoms with van der Waals surface area (Å²) in [6, 6.07) is 17.9. The van der Waals surface area contributed by atoms with Gasteiger partial charge >= 0.3 is 0 Å². The SMILES string of the molecule is CC.CNc1ccc(-c2ccc3ccc(OC(CO)COSI)cc3n2)cc1. The molecule has 0 spiro atoms. The highest BCUT2D eigenvalue weighted by Gasteiger charge is 2.11. The van der Waals surface area contributed by atoms with Crippen LogP contribution in [0.2, 0.25) is 0 Å². The number of aliphatic hydroxyl groups is 1. The highest BCUT2D eigenvalue weighted by atomic mass is 127. The average molecular weight is 512 g/mol. The van der Waals surface area contributed by atoms with E-state index in [1.165, 1.54) is 9.21 Å². The van der Waals surface area contributed by atoms with E-state index in [2.05, 4.69) is 5.32 Å². The predicted octanol–water partition coefficient (Wildman–Crippen LogP) is 5.72. The zero-order valence-electron chi connectivity index (χ0n) is 16.2. The number of nitrogens with one attached hydrogen (secondary N) is 1. The molecule has 0 saturated heterocycles. The Morgan fingerprint density at radius 2 is 1.82 bits per heavy atom. The summed E-state index contributed by atoms with van der Waals surface area (Å²) < 4.78 is 11.0. The topological polar surface area (TPSA) is 63.6 Å². The van der Waals surface area contributed by atoms with Crippen LogP contribution in [0.4, 0.5) is 5.69 Å². The zero-order valence-corrected chi connectivity index (χ0v) is 19.2. The first-order valence-electron chi connectivity index (χ1n) is 9.10. The smallest absolute Gasteiger partial charge is 0.146 e. The van der Waals surface area contributed by atoms with Crippen LogP contribution in [0.1, 0.15) is 13.8 Å². The molecule has 0 aliphatic heterocycles. The van der Waals surface area contributed by atoms with E-state index in [1.807, 2.05) is 96.7 Å². The van der Waals surface area contributed by atoms with E-state index < -0.39 is 6.10 Å². The van der Waals surface area contributed by atoms with E-state index >= 15 is 0 Å². The van der Waals surface area contributed by atoms with Crippen molar-refractivity contribution in [2.75, 3.05) is 25.6 Å². The van der Waals surface area contributed by atoms with E-state index in [1.54, 1.807) is 0 Å². The molecule has 2 N–H and O–H groups in total. The van der Waals surface area contributed by atoms with E-state index in [-0.39, 0.29) is 6.61 Å². The van der Waals surface area contributed by atoms with Crippen LogP contribution in [-0.2, 0) is 4.18 Å². The van der Waals surface area contributed by atoms with Gasteiger partial charge in [-0.3, -0.25) is 0 Å². The summed E-state index contributed by atoms with van der Waals surface area (Å²) in [6.07, 6.45) is -0.410. The maximum atomic E-state index is 9.43. The van der Waals surface area contributed by atoms with Gasteiger partial charge in [0.1, 0.15) is 18.5 Å². The van der Waals surface area contributed by atoms with E-state index in [0.717, 1.165) is 27.8 Å². The Morgan fingerprint density at radius 3 is 2.46 bits per heavy atom. The number of anilines is 1. The van der Waals surface area contributed by atoms with Crippen molar-refractivity contribution in [2.45, 2.75) is 20.0 Å². The maximum Gasteiger partial charge on any atom is 0.146 e. The number of pyridine rings is 1. The molecule has 2 aromatic carbocycles. The molecule has 0 aliphatic carbocycles. The van der Waals surface area contributed by atoms with Crippen molar-refractivity contribution in [3.8, 4) is 17.0 Å². The molecule has 7 heteroatoms. The molecule has 0 fully saturated rings. The highest BCUT2D eigenvalue weighted by molar-refractivity contribution is 14.2. The molecule has 0 saturated carbocycles. The molecule has 0 aliphatic rings. The van der Waals surface area contributed by atoms with Crippen molar-refractivity contribution in [1.29, 1.82) is 0 Å². The molecule has 0 radical (unpaired) electrons. The number of hydrogen-bond donors (Lipinski definition) is 2. The summed E-state index contributed by atoms with van der Waals surface area (Å²) in [6.45, 7) is 4.20. The number of nitrogens with zero attached hydrogens (tertiary/aromatic N) is 1. The van der Waals surface area contributed by atoms with Crippen molar-refractivity contribution in [3.63, 3.8) is 0 Å². The summed E-state index contributed by atoms with van der Waals surface area (Å²) in [5, 5.41) is 13.6. The monoisotopic (exact) mass is 512 g/mol. The molecule has 1 atom stereocenters. The Morgan fingerprint density at radius 1 is 1.11 bits per heavy atom. The molecule has 28 heavy (non-hydrogen) atoms. The second-order valence-corrected chi connectivity index (χ2v) is 7.09. The van der Waals surface area contributed by atoms with E-state index in [4.69, 9.17) is 13.9 Å². The molecule has 0 amide bonds. The predicted molar refractivity (Wildman–Crippen MR) is 127 cm³/mol. The van der Waals surface area contributed by atoms with Crippen LogP contribution in [0.15, 0.2) is 54.6 Å². The molecule has 5 nitrogen and oxygen atoms in total.